The van der Waals surface area contributed by atoms with Gasteiger partial charge in [-0.25, -0.2) is 4.98 Å². The molecule has 0 aliphatic rings. The fraction of sp³-hybridized carbons (Fsp3) is 0.231. The Morgan fingerprint density at radius 2 is 2.21 bits per heavy atom. The molecule has 4 nitrogen and oxygen atoms in total. The van der Waals surface area contributed by atoms with E-state index in [-0.39, 0.29) is 0 Å². The van der Waals surface area contributed by atoms with Gasteiger partial charge in [-0.15, -0.1) is 11.6 Å². The summed E-state index contributed by atoms with van der Waals surface area (Å²) in [7, 11) is 1.92. The van der Waals surface area contributed by atoms with E-state index in [1.54, 1.807) is 4.68 Å². The first-order chi connectivity index (χ1) is 9.17. The molecule has 0 aliphatic carbocycles. The average Bonchev–Trinajstić information content (AvgIpc) is 2.94. The number of aromatic nitrogens is 4. The summed E-state index contributed by atoms with van der Waals surface area (Å²) < 4.78 is 5.13. The molecule has 2 aromatic heterocycles. The van der Waals surface area contributed by atoms with Crippen LogP contribution in [0.2, 0.25) is 0 Å². The molecule has 2 heterocycles. The summed E-state index contributed by atoms with van der Waals surface area (Å²) in [5.74, 6) is 1.30. The van der Waals surface area contributed by atoms with Crippen LogP contribution in [0.5, 0.6) is 0 Å². The number of benzene rings is 1. The lowest BCUT2D eigenvalue weighted by Crippen LogP contribution is -2.03. The highest BCUT2D eigenvalue weighted by Gasteiger charge is 2.11. The van der Waals surface area contributed by atoms with Gasteiger partial charge in [-0.2, -0.15) is 5.10 Å². The Morgan fingerprint density at radius 3 is 2.89 bits per heavy atom. The maximum absolute atomic E-state index is 6.01. The van der Waals surface area contributed by atoms with Crippen LogP contribution in [0.1, 0.15) is 11.4 Å². The molecule has 1 aromatic carbocycles. The van der Waals surface area contributed by atoms with Crippen molar-refractivity contribution in [2.45, 2.75) is 12.4 Å². The van der Waals surface area contributed by atoms with Gasteiger partial charge < -0.3 is 4.57 Å². The first-order valence-electron chi connectivity index (χ1n) is 5.85. The minimum Gasteiger partial charge on any atom is -0.322 e. The number of nitrogens with zero attached hydrogens (tertiary/aromatic N) is 4. The molecule has 98 valence electrons. The molecule has 0 saturated heterocycles. The van der Waals surface area contributed by atoms with Gasteiger partial charge in [-0.05, 0) is 40.8 Å². The van der Waals surface area contributed by atoms with Crippen LogP contribution in [0.15, 0.2) is 30.6 Å². The molecular weight excluding hydrogens is 375 g/mol. The van der Waals surface area contributed by atoms with Crippen LogP contribution >= 0.6 is 34.2 Å². The SMILES string of the molecule is Cn1cc(Cn2c(CCl)nc3cc(I)ccc32)cn1. The molecule has 6 heteroatoms. The molecule has 3 rings (SSSR count). The van der Waals surface area contributed by atoms with E-state index in [1.165, 1.54) is 3.57 Å². The Hall–Kier alpha value is -1.08. The second-order valence-corrected chi connectivity index (χ2v) is 5.92. The smallest absolute Gasteiger partial charge is 0.125 e. The van der Waals surface area contributed by atoms with E-state index in [2.05, 4.69) is 55.4 Å². The van der Waals surface area contributed by atoms with E-state index < -0.39 is 0 Å². The maximum atomic E-state index is 6.01. The van der Waals surface area contributed by atoms with Gasteiger partial charge in [0, 0.05) is 22.4 Å². The van der Waals surface area contributed by atoms with Crippen molar-refractivity contribution in [2.24, 2.45) is 7.05 Å². The predicted molar refractivity (Wildman–Crippen MR) is 84.3 cm³/mol. The first kappa shape index (κ1) is 12.9. The van der Waals surface area contributed by atoms with Crippen molar-refractivity contribution < 1.29 is 0 Å². The van der Waals surface area contributed by atoms with E-state index in [0.717, 1.165) is 29.0 Å². The van der Waals surface area contributed by atoms with E-state index in [0.29, 0.717) is 5.88 Å². The molecule has 0 amide bonds. The molecular formula is C13H12ClIN4. The lowest BCUT2D eigenvalue weighted by molar-refractivity contribution is 0.759. The number of fused-ring (bicyclic) bond motifs is 1. The average molecular weight is 387 g/mol. The Kier molecular flexibility index (Phi) is 3.49. The van der Waals surface area contributed by atoms with Crippen LogP contribution < -0.4 is 0 Å². The minimum atomic E-state index is 0.408. The van der Waals surface area contributed by atoms with Gasteiger partial charge in [0.1, 0.15) is 5.82 Å². The third-order valence-electron chi connectivity index (χ3n) is 3.01. The lowest BCUT2D eigenvalue weighted by atomic mass is 10.3. The number of aryl methyl sites for hydroxylation is 1. The van der Waals surface area contributed by atoms with Crippen molar-refractivity contribution in [1.82, 2.24) is 19.3 Å². The van der Waals surface area contributed by atoms with Crippen molar-refractivity contribution >= 4 is 45.2 Å². The summed E-state index contributed by atoms with van der Waals surface area (Å²) in [4.78, 5) is 4.59. The van der Waals surface area contributed by atoms with Crippen LogP contribution in [0, 0.1) is 3.57 Å². The summed E-state index contributed by atoms with van der Waals surface area (Å²) in [6.45, 7) is 0.743. The molecule has 0 saturated carbocycles. The standard InChI is InChI=1S/C13H12ClIN4/c1-18-7-9(6-16-18)8-19-12-3-2-10(15)4-11(12)17-13(19)5-14/h2-4,6-7H,5,8H2,1H3. The van der Waals surface area contributed by atoms with Crippen molar-refractivity contribution in [3.05, 3.63) is 45.6 Å². The second kappa shape index (κ2) is 5.13. The third-order valence-corrected chi connectivity index (χ3v) is 3.92. The Labute approximate surface area is 129 Å². The van der Waals surface area contributed by atoms with Crippen molar-refractivity contribution in [3.63, 3.8) is 0 Å². The molecule has 3 aromatic rings. The maximum Gasteiger partial charge on any atom is 0.125 e. The summed E-state index contributed by atoms with van der Waals surface area (Å²) in [6.07, 6.45) is 3.88. The number of rotatable bonds is 3. The largest absolute Gasteiger partial charge is 0.322 e. The predicted octanol–water partition coefficient (Wildman–Crippen LogP) is 3.16. The Bertz CT molecular complexity index is 731. The molecule has 0 aliphatic heterocycles. The molecule has 0 radical (unpaired) electrons. The van der Waals surface area contributed by atoms with Gasteiger partial charge in [0.15, 0.2) is 0 Å². The van der Waals surface area contributed by atoms with Gasteiger partial charge >= 0.3 is 0 Å². The van der Waals surface area contributed by atoms with Gasteiger partial charge in [-0.3, -0.25) is 4.68 Å². The summed E-state index contributed by atoms with van der Waals surface area (Å²) in [6, 6.07) is 6.25. The number of imidazole rings is 1. The zero-order valence-electron chi connectivity index (χ0n) is 10.3. The quantitative estimate of drug-likeness (QED) is 0.512. The Balaban J connectivity index is 2.10. The number of hydrogen-bond donors (Lipinski definition) is 0. The number of halogens is 2. The fourth-order valence-electron chi connectivity index (χ4n) is 2.17. The molecule has 0 atom stereocenters. The Morgan fingerprint density at radius 1 is 1.37 bits per heavy atom. The first-order valence-corrected chi connectivity index (χ1v) is 7.47. The fourth-order valence-corrected chi connectivity index (χ4v) is 2.85. The van der Waals surface area contributed by atoms with Crippen molar-refractivity contribution in [1.29, 1.82) is 0 Å². The van der Waals surface area contributed by atoms with Gasteiger partial charge in [0.25, 0.3) is 0 Å². The molecule has 19 heavy (non-hydrogen) atoms. The van der Waals surface area contributed by atoms with E-state index in [9.17, 15) is 0 Å². The summed E-state index contributed by atoms with van der Waals surface area (Å²) in [5.41, 5.74) is 3.25. The molecule has 0 spiro atoms. The lowest BCUT2D eigenvalue weighted by Gasteiger charge is -2.05. The summed E-state index contributed by atoms with van der Waals surface area (Å²) >= 11 is 8.30. The molecule has 0 N–H and O–H groups in total. The van der Waals surface area contributed by atoms with E-state index >= 15 is 0 Å². The second-order valence-electron chi connectivity index (χ2n) is 4.40. The number of alkyl halides is 1. The van der Waals surface area contributed by atoms with Crippen LogP contribution in [0.3, 0.4) is 0 Å². The number of hydrogen-bond acceptors (Lipinski definition) is 2. The van der Waals surface area contributed by atoms with Gasteiger partial charge in [0.05, 0.1) is 29.7 Å². The zero-order valence-corrected chi connectivity index (χ0v) is 13.3. The van der Waals surface area contributed by atoms with Crippen molar-refractivity contribution in [2.75, 3.05) is 0 Å². The highest BCUT2D eigenvalue weighted by atomic mass is 127. The topological polar surface area (TPSA) is 35.6 Å². The normalized spacial score (nSPS) is 11.3. The van der Waals surface area contributed by atoms with Crippen LogP contribution in [-0.2, 0) is 19.5 Å². The highest BCUT2D eigenvalue weighted by Crippen LogP contribution is 2.21. The van der Waals surface area contributed by atoms with Crippen LogP contribution in [0.4, 0.5) is 0 Å². The molecule has 0 bridgehead atoms. The summed E-state index contributed by atoms with van der Waals surface area (Å²) in [5, 5.41) is 4.20. The van der Waals surface area contributed by atoms with Gasteiger partial charge in [0.2, 0.25) is 0 Å². The van der Waals surface area contributed by atoms with Crippen LogP contribution in [0.25, 0.3) is 11.0 Å². The minimum absolute atomic E-state index is 0.408. The highest BCUT2D eigenvalue weighted by molar-refractivity contribution is 14.1. The molecule has 0 unspecified atom stereocenters. The zero-order chi connectivity index (χ0) is 13.4. The van der Waals surface area contributed by atoms with Gasteiger partial charge in [-0.1, -0.05) is 0 Å². The van der Waals surface area contributed by atoms with Crippen molar-refractivity contribution in [3.8, 4) is 0 Å². The van der Waals surface area contributed by atoms with E-state index in [1.807, 2.05) is 19.4 Å². The third kappa shape index (κ3) is 2.49. The van der Waals surface area contributed by atoms with E-state index in [4.69, 9.17) is 11.6 Å². The molecule has 0 fully saturated rings. The van der Waals surface area contributed by atoms with Crippen LogP contribution in [-0.4, -0.2) is 19.3 Å². The monoisotopic (exact) mass is 386 g/mol.